The van der Waals surface area contributed by atoms with Gasteiger partial charge in [-0.1, -0.05) is 18.2 Å². The Bertz CT molecular complexity index is 670. The molecule has 1 aromatic heterocycles. The van der Waals surface area contributed by atoms with Crippen LogP contribution < -0.4 is 5.56 Å². The molecule has 0 unspecified atom stereocenters. The molecule has 0 spiro atoms. The highest BCUT2D eigenvalue weighted by atomic mass is 19.1. The number of aromatic amines is 1. The molecule has 2 heterocycles. The molecule has 2 atom stereocenters. The van der Waals surface area contributed by atoms with Crippen molar-refractivity contribution < 1.29 is 9.50 Å². The summed E-state index contributed by atoms with van der Waals surface area (Å²) >= 11 is 0. The number of halogens is 1. The van der Waals surface area contributed by atoms with Gasteiger partial charge in [-0.2, -0.15) is 0 Å². The van der Waals surface area contributed by atoms with Gasteiger partial charge in [0.1, 0.15) is 6.17 Å². The predicted molar refractivity (Wildman–Crippen MR) is 75.4 cm³/mol. The Hall–Kier alpha value is -1.72. The Balaban J connectivity index is 1.90. The van der Waals surface area contributed by atoms with Crippen LogP contribution in [0.15, 0.2) is 35.1 Å². The van der Waals surface area contributed by atoms with Gasteiger partial charge in [0.05, 0.1) is 6.61 Å². The van der Waals surface area contributed by atoms with Crippen LogP contribution in [-0.4, -0.2) is 40.4 Å². The molecule has 1 aliphatic heterocycles. The van der Waals surface area contributed by atoms with E-state index < -0.39 is 6.17 Å². The fraction of sp³-hybridized carbons (Fsp3) is 0.400. The zero-order valence-electron chi connectivity index (χ0n) is 11.1. The summed E-state index contributed by atoms with van der Waals surface area (Å²) in [6.07, 6.45) is -0.589. The molecule has 106 valence electrons. The molecule has 0 bridgehead atoms. The maximum atomic E-state index is 13.4. The molecule has 0 saturated carbocycles. The Morgan fingerprint density at radius 2 is 2.20 bits per heavy atom. The zero-order chi connectivity index (χ0) is 14.1. The second-order valence-corrected chi connectivity index (χ2v) is 5.31. The number of pyridine rings is 1. The van der Waals surface area contributed by atoms with E-state index in [2.05, 4.69) is 4.98 Å². The summed E-state index contributed by atoms with van der Waals surface area (Å²) in [6, 6.07) is 9.21. The van der Waals surface area contributed by atoms with Crippen molar-refractivity contribution in [3.63, 3.8) is 0 Å². The highest BCUT2D eigenvalue weighted by molar-refractivity contribution is 5.78. The number of aliphatic hydroxyl groups excluding tert-OH is 1. The number of para-hydroxylation sites is 1. The number of aliphatic hydroxyl groups is 1. The van der Waals surface area contributed by atoms with E-state index in [4.69, 9.17) is 0 Å². The highest BCUT2D eigenvalue weighted by Gasteiger charge is 2.31. The first-order valence-corrected chi connectivity index (χ1v) is 6.77. The lowest BCUT2D eigenvalue weighted by molar-refractivity contribution is 0.153. The number of nitrogens with one attached hydrogen (secondary N) is 1. The second kappa shape index (κ2) is 5.34. The molecule has 5 heteroatoms. The van der Waals surface area contributed by atoms with E-state index in [0.29, 0.717) is 18.5 Å². The maximum Gasteiger partial charge on any atom is 0.252 e. The number of aromatic nitrogens is 1. The summed E-state index contributed by atoms with van der Waals surface area (Å²) in [5.74, 6) is 0. The summed E-state index contributed by atoms with van der Waals surface area (Å²) in [6.45, 7) is 0.565. The summed E-state index contributed by atoms with van der Waals surface area (Å²) in [7, 11) is 0. The number of benzene rings is 1. The van der Waals surface area contributed by atoms with Gasteiger partial charge in [-0.05, 0) is 23.9 Å². The minimum absolute atomic E-state index is 0.0775. The van der Waals surface area contributed by atoms with Gasteiger partial charge in [-0.25, -0.2) is 4.39 Å². The molecular formula is C15H17FN2O2. The third-order valence-corrected chi connectivity index (χ3v) is 3.89. The topological polar surface area (TPSA) is 56.3 Å². The number of fused-ring (bicyclic) bond motifs is 1. The number of hydrogen-bond donors (Lipinski definition) is 2. The van der Waals surface area contributed by atoms with Crippen LogP contribution in [-0.2, 0) is 6.54 Å². The molecular weight excluding hydrogens is 259 g/mol. The van der Waals surface area contributed by atoms with Crippen LogP contribution in [0.3, 0.4) is 0 Å². The standard InChI is InChI=1S/C15H17FN2O2/c16-12-6-13(9-19)18(8-12)7-11-5-10-3-1-2-4-14(10)17-15(11)20/h1-5,12-13,19H,6-9H2,(H,17,20)/t12-,13-/m0/s1. The fourth-order valence-electron chi connectivity index (χ4n) is 2.83. The van der Waals surface area contributed by atoms with Crippen molar-refractivity contribution in [2.75, 3.05) is 13.2 Å². The lowest BCUT2D eigenvalue weighted by atomic mass is 10.1. The normalized spacial score (nSPS) is 23.5. The molecule has 0 radical (unpaired) electrons. The fourth-order valence-corrected chi connectivity index (χ4v) is 2.83. The van der Waals surface area contributed by atoms with Gasteiger partial charge in [0.25, 0.3) is 5.56 Å². The van der Waals surface area contributed by atoms with Crippen molar-refractivity contribution in [1.29, 1.82) is 0 Å². The monoisotopic (exact) mass is 276 g/mol. The summed E-state index contributed by atoms with van der Waals surface area (Å²) in [5.41, 5.74) is 1.25. The van der Waals surface area contributed by atoms with Crippen LogP contribution in [0, 0.1) is 0 Å². The van der Waals surface area contributed by atoms with E-state index in [1.54, 1.807) is 0 Å². The lowest BCUT2D eigenvalue weighted by Gasteiger charge is -2.21. The van der Waals surface area contributed by atoms with E-state index in [0.717, 1.165) is 10.9 Å². The largest absolute Gasteiger partial charge is 0.395 e. The molecule has 0 amide bonds. The Morgan fingerprint density at radius 1 is 1.40 bits per heavy atom. The molecule has 3 rings (SSSR count). The first-order chi connectivity index (χ1) is 9.67. The average Bonchev–Trinajstić information content (AvgIpc) is 2.79. The number of hydrogen-bond acceptors (Lipinski definition) is 3. The lowest BCUT2D eigenvalue weighted by Crippen LogP contribution is -2.33. The van der Waals surface area contributed by atoms with Gasteiger partial charge < -0.3 is 10.1 Å². The molecule has 1 aromatic carbocycles. The average molecular weight is 276 g/mol. The van der Waals surface area contributed by atoms with Crippen LogP contribution in [0.25, 0.3) is 10.9 Å². The minimum Gasteiger partial charge on any atom is -0.395 e. The predicted octanol–water partition coefficient (Wildman–Crippen LogP) is 1.43. The summed E-state index contributed by atoms with van der Waals surface area (Å²) in [5, 5.41) is 10.2. The number of H-pyrrole nitrogens is 1. The van der Waals surface area contributed by atoms with Gasteiger partial charge >= 0.3 is 0 Å². The van der Waals surface area contributed by atoms with Crippen LogP contribution in [0.1, 0.15) is 12.0 Å². The van der Waals surface area contributed by atoms with E-state index in [1.165, 1.54) is 0 Å². The van der Waals surface area contributed by atoms with Crippen molar-refractivity contribution in [3.8, 4) is 0 Å². The van der Waals surface area contributed by atoms with Crippen molar-refractivity contribution in [2.24, 2.45) is 0 Å². The molecule has 4 nitrogen and oxygen atoms in total. The number of alkyl halides is 1. The molecule has 2 N–H and O–H groups in total. The van der Waals surface area contributed by atoms with Crippen LogP contribution in [0.2, 0.25) is 0 Å². The van der Waals surface area contributed by atoms with Crippen LogP contribution in [0.5, 0.6) is 0 Å². The molecule has 2 aromatic rings. The van der Waals surface area contributed by atoms with Crippen molar-refractivity contribution in [2.45, 2.75) is 25.2 Å². The molecule has 0 aliphatic carbocycles. The molecule has 20 heavy (non-hydrogen) atoms. The maximum absolute atomic E-state index is 13.4. The first-order valence-electron chi connectivity index (χ1n) is 6.77. The van der Waals surface area contributed by atoms with Gasteiger partial charge in [0.2, 0.25) is 0 Å². The van der Waals surface area contributed by atoms with E-state index >= 15 is 0 Å². The SMILES string of the molecule is O=c1[nH]c2ccccc2cc1CN1C[C@@H](F)C[C@H]1CO. The van der Waals surface area contributed by atoms with Crippen LogP contribution in [0.4, 0.5) is 4.39 Å². The Labute approximate surface area is 115 Å². The van der Waals surface area contributed by atoms with Crippen LogP contribution >= 0.6 is 0 Å². The Kier molecular flexibility index (Phi) is 3.54. The highest BCUT2D eigenvalue weighted by Crippen LogP contribution is 2.22. The zero-order valence-corrected chi connectivity index (χ0v) is 11.1. The van der Waals surface area contributed by atoms with Gasteiger partial charge in [-0.15, -0.1) is 0 Å². The summed E-state index contributed by atoms with van der Waals surface area (Å²) < 4.78 is 13.4. The summed E-state index contributed by atoms with van der Waals surface area (Å²) in [4.78, 5) is 16.7. The molecule has 1 aliphatic rings. The molecule has 1 fully saturated rings. The van der Waals surface area contributed by atoms with Crippen molar-refractivity contribution in [3.05, 3.63) is 46.2 Å². The van der Waals surface area contributed by atoms with E-state index in [1.807, 2.05) is 35.2 Å². The molecule has 1 saturated heterocycles. The number of likely N-dealkylation sites (tertiary alicyclic amines) is 1. The van der Waals surface area contributed by atoms with Gasteiger partial charge in [0, 0.05) is 30.2 Å². The van der Waals surface area contributed by atoms with E-state index in [-0.39, 0.29) is 24.8 Å². The number of nitrogens with zero attached hydrogens (tertiary/aromatic N) is 1. The van der Waals surface area contributed by atoms with Crippen molar-refractivity contribution in [1.82, 2.24) is 9.88 Å². The smallest absolute Gasteiger partial charge is 0.252 e. The van der Waals surface area contributed by atoms with Gasteiger partial charge in [0.15, 0.2) is 0 Å². The Morgan fingerprint density at radius 3 is 3.00 bits per heavy atom. The number of rotatable bonds is 3. The third kappa shape index (κ3) is 2.46. The third-order valence-electron chi connectivity index (χ3n) is 3.89. The minimum atomic E-state index is -0.924. The van der Waals surface area contributed by atoms with Crippen molar-refractivity contribution >= 4 is 10.9 Å². The van der Waals surface area contributed by atoms with Gasteiger partial charge in [-0.3, -0.25) is 9.69 Å². The second-order valence-electron chi connectivity index (χ2n) is 5.31. The quantitative estimate of drug-likeness (QED) is 0.891. The van der Waals surface area contributed by atoms with E-state index in [9.17, 15) is 14.3 Å². The first kappa shape index (κ1) is 13.3.